The Morgan fingerprint density at radius 2 is 1.81 bits per heavy atom. The number of hydrogen-bond donors (Lipinski definition) is 2. The maximum Gasteiger partial charge on any atom is 0.279 e. The van der Waals surface area contributed by atoms with Gasteiger partial charge in [-0.05, 0) is 73.2 Å². The van der Waals surface area contributed by atoms with Crippen LogP contribution < -0.4 is 21.3 Å². The van der Waals surface area contributed by atoms with Gasteiger partial charge in [0.1, 0.15) is 22.8 Å². The molecule has 6 heterocycles. The normalized spacial score (nSPS) is 17.0. The van der Waals surface area contributed by atoms with Gasteiger partial charge in [0.15, 0.2) is 0 Å². The number of rotatable bonds is 7. The number of aliphatic hydroxyl groups excluding tert-OH is 1. The van der Waals surface area contributed by atoms with Crippen LogP contribution in [0.1, 0.15) is 29.7 Å². The van der Waals surface area contributed by atoms with Crippen molar-refractivity contribution in [2.45, 2.75) is 38.3 Å². The molecule has 0 spiro atoms. The van der Waals surface area contributed by atoms with E-state index in [0.717, 1.165) is 76.5 Å². The molecular formula is C36H38FN7O4. The van der Waals surface area contributed by atoms with Crippen molar-refractivity contribution in [3.63, 3.8) is 0 Å². The molecule has 0 atom stereocenters. The van der Waals surface area contributed by atoms with Crippen molar-refractivity contribution >= 4 is 22.7 Å². The lowest BCUT2D eigenvalue weighted by molar-refractivity contribution is -0.0660. The lowest BCUT2D eigenvalue weighted by Gasteiger charge is -2.43. The van der Waals surface area contributed by atoms with Crippen LogP contribution in [0.3, 0.4) is 0 Å². The van der Waals surface area contributed by atoms with E-state index in [9.17, 15) is 14.7 Å². The number of nitrogens with one attached hydrogen (secondary N) is 1. The first-order valence-electron chi connectivity index (χ1n) is 16.6. The Kier molecular flexibility index (Phi) is 7.86. The fraction of sp³-hybridized carbons (Fsp3) is 0.361. The van der Waals surface area contributed by atoms with Crippen LogP contribution in [-0.2, 0) is 31.2 Å². The SMILES string of the molecule is Cn1cc(-c2cc(F)cc(-n3ccn4c5c(cc4c3=O)CCCC5)c2CO)cc(Nc2ccc(N3CCN(C4COC4)CC3)cn2)c1=O. The molecule has 2 N–H and O–H groups in total. The first-order valence-corrected chi connectivity index (χ1v) is 16.6. The zero-order valence-electron chi connectivity index (χ0n) is 26.9. The number of fused-ring (bicyclic) bond motifs is 3. The average Bonchev–Trinajstić information content (AvgIpc) is 3.46. The molecule has 248 valence electrons. The fourth-order valence-electron chi connectivity index (χ4n) is 7.35. The molecule has 8 rings (SSSR count). The molecule has 0 amide bonds. The van der Waals surface area contributed by atoms with E-state index in [4.69, 9.17) is 4.74 Å². The van der Waals surface area contributed by atoms with Gasteiger partial charge in [0.2, 0.25) is 0 Å². The molecule has 0 radical (unpaired) electrons. The zero-order valence-corrected chi connectivity index (χ0v) is 26.9. The summed E-state index contributed by atoms with van der Waals surface area (Å²) in [6.45, 7) is 4.95. The molecule has 4 aromatic heterocycles. The number of hydrogen-bond acceptors (Lipinski definition) is 8. The Morgan fingerprint density at radius 1 is 1.00 bits per heavy atom. The molecule has 3 aliphatic rings. The smallest absolute Gasteiger partial charge is 0.279 e. The van der Waals surface area contributed by atoms with Crippen LogP contribution in [0.2, 0.25) is 0 Å². The van der Waals surface area contributed by atoms with Crippen LogP contribution in [0.5, 0.6) is 0 Å². The maximum absolute atomic E-state index is 15.3. The molecule has 2 aliphatic heterocycles. The Labute approximate surface area is 276 Å². The minimum Gasteiger partial charge on any atom is -0.392 e. The molecule has 2 fully saturated rings. The fourth-order valence-corrected chi connectivity index (χ4v) is 7.35. The summed E-state index contributed by atoms with van der Waals surface area (Å²) in [7, 11) is 1.62. The number of aryl methyl sites for hydroxylation is 3. The standard InChI is InChI=1S/C36H38FN7O4/c1-40-19-24(14-30(35(40)46)39-34-7-6-26(18-38-34)41-8-10-42(11-9-41)27-21-48-22-27)28-16-25(37)17-32(29(28)20-45)44-13-12-43-31-5-3-2-4-23(31)15-33(43)36(44)47/h6-7,12-19,27,45H,2-5,8-11,20-22H2,1H3,(H,38,39). The molecular weight excluding hydrogens is 613 g/mol. The largest absolute Gasteiger partial charge is 0.392 e. The van der Waals surface area contributed by atoms with E-state index >= 15 is 4.39 Å². The van der Waals surface area contributed by atoms with E-state index in [1.807, 2.05) is 28.8 Å². The number of aromatic nitrogens is 4. The summed E-state index contributed by atoms with van der Waals surface area (Å²) in [6, 6.07) is 10.5. The van der Waals surface area contributed by atoms with Crippen LogP contribution in [0, 0.1) is 5.82 Å². The molecule has 11 nitrogen and oxygen atoms in total. The summed E-state index contributed by atoms with van der Waals surface area (Å²) in [5, 5.41) is 13.8. The highest BCUT2D eigenvalue weighted by Gasteiger charge is 2.29. The summed E-state index contributed by atoms with van der Waals surface area (Å²) >= 11 is 0. The lowest BCUT2D eigenvalue weighted by Crippen LogP contribution is -2.56. The Bertz CT molecular complexity index is 2130. The average molecular weight is 652 g/mol. The molecule has 12 heteroatoms. The number of piperazine rings is 1. The summed E-state index contributed by atoms with van der Waals surface area (Å²) in [4.78, 5) is 36.4. The van der Waals surface area contributed by atoms with Gasteiger partial charge >= 0.3 is 0 Å². The highest BCUT2D eigenvalue weighted by molar-refractivity contribution is 5.75. The van der Waals surface area contributed by atoms with E-state index in [-0.39, 0.29) is 22.5 Å². The number of nitrogens with zero attached hydrogens (tertiary/aromatic N) is 6. The molecule has 0 unspecified atom stereocenters. The zero-order chi connectivity index (χ0) is 32.9. The molecule has 2 saturated heterocycles. The number of aliphatic hydroxyl groups is 1. The second-order valence-corrected chi connectivity index (χ2v) is 13.0. The van der Waals surface area contributed by atoms with E-state index < -0.39 is 12.4 Å². The topological polar surface area (TPSA) is 109 Å². The van der Waals surface area contributed by atoms with Gasteiger partial charge in [-0.3, -0.25) is 19.1 Å². The number of benzene rings is 1. The Hall–Kier alpha value is -4.78. The Morgan fingerprint density at radius 3 is 2.54 bits per heavy atom. The number of pyridine rings is 2. The van der Waals surface area contributed by atoms with E-state index in [0.29, 0.717) is 34.1 Å². The first-order chi connectivity index (χ1) is 23.4. The summed E-state index contributed by atoms with van der Waals surface area (Å²) < 4.78 is 25.4. The van der Waals surface area contributed by atoms with Crippen LogP contribution >= 0.6 is 0 Å². The Balaban J connectivity index is 1.10. The summed E-state index contributed by atoms with van der Waals surface area (Å²) in [5.41, 5.74) is 5.04. The third-order valence-corrected chi connectivity index (χ3v) is 10.1. The predicted molar refractivity (Wildman–Crippen MR) is 182 cm³/mol. The van der Waals surface area contributed by atoms with Crippen molar-refractivity contribution in [3.05, 3.63) is 105 Å². The van der Waals surface area contributed by atoms with Gasteiger partial charge in [-0.25, -0.2) is 9.37 Å². The van der Waals surface area contributed by atoms with Gasteiger partial charge in [-0.15, -0.1) is 0 Å². The summed E-state index contributed by atoms with van der Waals surface area (Å²) in [5.74, 6) is -0.0727. The van der Waals surface area contributed by atoms with Gasteiger partial charge in [0.25, 0.3) is 11.1 Å². The van der Waals surface area contributed by atoms with Crippen LogP contribution in [-0.4, -0.2) is 74.0 Å². The second kappa shape index (κ2) is 12.3. The van der Waals surface area contributed by atoms with Gasteiger partial charge in [-0.2, -0.15) is 0 Å². The number of halogens is 1. The second-order valence-electron chi connectivity index (χ2n) is 13.0. The lowest BCUT2D eigenvalue weighted by atomic mass is 9.98. The van der Waals surface area contributed by atoms with Crippen molar-refractivity contribution in [2.24, 2.45) is 7.05 Å². The number of anilines is 3. The van der Waals surface area contributed by atoms with Gasteiger partial charge in [0, 0.05) is 68.6 Å². The predicted octanol–water partition coefficient (Wildman–Crippen LogP) is 3.63. The highest BCUT2D eigenvalue weighted by Crippen LogP contribution is 2.32. The number of ether oxygens (including phenoxy) is 1. The van der Waals surface area contributed by atoms with Gasteiger partial charge in [-0.1, -0.05) is 0 Å². The third kappa shape index (κ3) is 5.39. The van der Waals surface area contributed by atoms with Gasteiger partial charge < -0.3 is 29.0 Å². The molecule has 0 saturated carbocycles. The molecule has 1 aromatic carbocycles. The molecule has 5 aromatic rings. The minimum atomic E-state index is -0.568. The van der Waals surface area contributed by atoms with E-state index in [1.54, 1.807) is 31.7 Å². The molecule has 0 bridgehead atoms. The van der Waals surface area contributed by atoms with Crippen molar-refractivity contribution in [3.8, 4) is 16.8 Å². The van der Waals surface area contributed by atoms with Crippen molar-refractivity contribution < 1.29 is 14.2 Å². The van der Waals surface area contributed by atoms with Crippen molar-refractivity contribution in [2.75, 3.05) is 49.6 Å². The third-order valence-electron chi connectivity index (χ3n) is 10.1. The quantitative estimate of drug-likeness (QED) is 0.275. The van der Waals surface area contributed by atoms with Crippen LogP contribution in [0.4, 0.5) is 21.6 Å². The monoisotopic (exact) mass is 651 g/mol. The first kappa shape index (κ1) is 30.5. The highest BCUT2D eigenvalue weighted by atomic mass is 19.1. The van der Waals surface area contributed by atoms with Crippen molar-refractivity contribution in [1.29, 1.82) is 0 Å². The van der Waals surface area contributed by atoms with Gasteiger partial charge in [0.05, 0.1) is 43.4 Å². The van der Waals surface area contributed by atoms with Crippen molar-refractivity contribution in [1.82, 2.24) is 23.4 Å². The van der Waals surface area contributed by atoms with E-state index in [2.05, 4.69) is 20.1 Å². The molecule has 48 heavy (non-hydrogen) atoms. The van der Waals surface area contributed by atoms with Crippen LogP contribution in [0.15, 0.2) is 70.8 Å². The van der Waals surface area contributed by atoms with E-state index in [1.165, 1.54) is 26.8 Å². The van der Waals surface area contributed by atoms with Crippen LogP contribution in [0.25, 0.3) is 22.3 Å². The maximum atomic E-state index is 15.3. The minimum absolute atomic E-state index is 0.249. The molecule has 1 aliphatic carbocycles. The summed E-state index contributed by atoms with van der Waals surface area (Å²) in [6.07, 6.45) is 10.9.